The van der Waals surface area contributed by atoms with Gasteiger partial charge in [-0.05, 0) is 36.4 Å². The van der Waals surface area contributed by atoms with E-state index in [0.717, 1.165) is 21.5 Å². The van der Waals surface area contributed by atoms with Gasteiger partial charge in [-0.2, -0.15) is 0 Å². The molecular formula is C14H12BrN3O. The number of nitrogens with zero attached hydrogens (tertiary/aromatic N) is 1. The van der Waals surface area contributed by atoms with E-state index < -0.39 is 0 Å². The normalized spacial score (nSPS) is 13.9. The Morgan fingerprint density at radius 3 is 2.84 bits per heavy atom. The summed E-state index contributed by atoms with van der Waals surface area (Å²) in [7, 11) is 0. The average Bonchev–Trinajstić information content (AvgIpc) is 2.39. The van der Waals surface area contributed by atoms with Gasteiger partial charge >= 0.3 is 0 Å². The van der Waals surface area contributed by atoms with Crippen molar-refractivity contribution in [1.82, 2.24) is 0 Å². The Bertz CT molecular complexity index is 657. The van der Waals surface area contributed by atoms with Crippen molar-refractivity contribution < 1.29 is 4.79 Å². The molecule has 0 unspecified atom stereocenters. The van der Waals surface area contributed by atoms with E-state index in [1.165, 1.54) is 0 Å². The lowest BCUT2D eigenvalue weighted by Gasteiger charge is -2.30. The van der Waals surface area contributed by atoms with Gasteiger partial charge in [0.25, 0.3) is 5.91 Å². The lowest BCUT2D eigenvalue weighted by Crippen LogP contribution is -2.36. The molecular weight excluding hydrogens is 306 g/mol. The van der Waals surface area contributed by atoms with Crippen LogP contribution in [0.15, 0.2) is 46.9 Å². The molecule has 0 radical (unpaired) electrons. The maximum absolute atomic E-state index is 12.2. The van der Waals surface area contributed by atoms with Crippen molar-refractivity contribution in [2.75, 3.05) is 22.5 Å². The fourth-order valence-electron chi connectivity index (χ4n) is 2.18. The molecule has 4 nitrogen and oxygen atoms in total. The van der Waals surface area contributed by atoms with Gasteiger partial charge in [0.15, 0.2) is 0 Å². The van der Waals surface area contributed by atoms with Crippen LogP contribution in [0.25, 0.3) is 0 Å². The highest BCUT2D eigenvalue weighted by Crippen LogP contribution is 2.37. The van der Waals surface area contributed by atoms with E-state index in [1.807, 2.05) is 30.3 Å². The van der Waals surface area contributed by atoms with E-state index in [4.69, 9.17) is 5.73 Å². The number of amides is 1. The molecule has 2 aromatic carbocycles. The standard InChI is InChI=1S/C14H12BrN3O/c15-9-4-5-13-12(6-9)17-8-14(19)18(13)11-3-1-2-10(16)7-11/h1-7,17H,8,16H2. The average molecular weight is 318 g/mol. The third-order valence-electron chi connectivity index (χ3n) is 3.01. The quantitative estimate of drug-likeness (QED) is 0.794. The first-order valence-electron chi connectivity index (χ1n) is 5.87. The second-order valence-corrected chi connectivity index (χ2v) is 5.25. The summed E-state index contributed by atoms with van der Waals surface area (Å²) in [6.07, 6.45) is 0. The van der Waals surface area contributed by atoms with Crippen molar-refractivity contribution in [3.05, 3.63) is 46.9 Å². The topological polar surface area (TPSA) is 58.4 Å². The smallest absolute Gasteiger partial charge is 0.250 e. The Morgan fingerprint density at radius 2 is 2.05 bits per heavy atom. The van der Waals surface area contributed by atoms with Crippen LogP contribution in [-0.2, 0) is 4.79 Å². The number of rotatable bonds is 1. The minimum atomic E-state index is 0.000391. The molecule has 0 fully saturated rings. The van der Waals surface area contributed by atoms with Crippen molar-refractivity contribution in [2.24, 2.45) is 0 Å². The van der Waals surface area contributed by atoms with Gasteiger partial charge in [0, 0.05) is 10.2 Å². The molecule has 0 saturated heterocycles. The molecule has 0 aromatic heterocycles. The minimum absolute atomic E-state index is 0.000391. The van der Waals surface area contributed by atoms with Gasteiger partial charge in [-0.3, -0.25) is 9.69 Å². The predicted molar refractivity (Wildman–Crippen MR) is 80.6 cm³/mol. The number of anilines is 4. The minimum Gasteiger partial charge on any atom is -0.399 e. The molecule has 1 heterocycles. The second-order valence-electron chi connectivity index (χ2n) is 4.34. The number of carbonyl (C=O) groups excluding carboxylic acids is 1. The Balaban J connectivity index is 2.13. The van der Waals surface area contributed by atoms with Gasteiger partial charge in [-0.25, -0.2) is 0 Å². The number of hydrogen-bond donors (Lipinski definition) is 2. The van der Waals surface area contributed by atoms with Crippen molar-refractivity contribution in [2.45, 2.75) is 0 Å². The Hall–Kier alpha value is -2.01. The van der Waals surface area contributed by atoms with Crippen molar-refractivity contribution in [1.29, 1.82) is 0 Å². The molecule has 0 aliphatic carbocycles. The number of hydrogen-bond acceptors (Lipinski definition) is 3. The first-order chi connectivity index (χ1) is 9.15. The summed E-state index contributed by atoms with van der Waals surface area (Å²) in [5, 5.41) is 3.12. The molecule has 0 saturated carbocycles. The number of halogens is 1. The van der Waals surface area contributed by atoms with Gasteiger partial charge in [0.05, 0.1) is 23.6 Å². The lowest BCUT2D eigenvalue weighted by molar-refractivity contribution is -0.116. The molecule has 2 aromatic rings. The molecule has 96 valence electrons. The number of nitrogens with one attached hydrogen (secondary N) is 1. The number of fused-ring (bicyclic) bond motifs is 1. The van der Waals surface area contributed by atoms with Gasteiger partial charge < -0.3 is 11.1 Å². The predicted octanol–water partition coefficient (Wildman–Crippen LogP) is 3.12. The fraction of sp³-hybridized carbons (Fsp3) is 0.0714. The monoisotopic (exact) mass is 317 g/mol. The highest BCUT2D eigenvalue weighted by molar-refractivity contribution is 9.10. The van der Waals surface area contributed by atoms with Crippen LogP contribution < -0.4 is 16.0 Å². The van der Waals surface area contributed by atoms with Gasteiger partial charge in [0.2, 0.25) is 0 Å². The van der Waals surface area contributed by atoms with Gasteiger partial charge in [-0.15, -0.1) is 0 Å². The van der Waals surface area contributed by atoms with Crippen LogP contribution in [0.1, 0.15) is 0 Å². The molecule has 0 bridgehead atoms. The maximum atomic E-state index is 12.2. The molecule has 5 heteroatoms. The fourth-order valence-corrected chi connectivity index (χ4v) is 2.54. The Kier molecular flexibility index (Phi) is 2.91. The Labute approximate surface area is 119 Å². The Morgan fingerprint density at radius 1 is 1.21 bits per heavy atom. The van der Waals surface area contributed by atoms with Gasteiger partial charge in [0.1, 0.15) is 0 Å². The van der Waals surface area contributed by atoms with Crippen LogP contribution in [0.4, 0.5) is 22.7 Å². The lowest BCUT2D eigenvalue weighted by atomic mass is 10.1. The van der Waals surface area contributed by atoms with Crippen LogP contribution in [0.5, 0.6) is 0 Å². The molecule has 1 aliphatic rings. The van der Waals surface area contributed by atoms with E-state index in [0.29, 0.717) is 5.69 Å². The first kappa shape index (κ1) is 12.0. The number of nitrogen functional groups attached to an aromatic ring is 1. The third-order valence-corrected chi connectivity index (χ3v) is 3.50. The molecule has 3 N–H and O–H groups in total. The summed E-state index contributed by atoms with van der Waals surface area (Å²) in [5.41, 5.74) is 8.99. The van der Waals surface area contributed by atoms with E-state index in [1.54, 1.807) is 17.0 Å². The molecule has 3 rings (SSSR count). The van der Waals surface area contributed by atoms with Crippen LogP contribution in [0, 0.1) is 0 Å². The van der Waals surface area contributed by atoms with Crippen LogP contribution in [-0.4, -0.2) is 12.5 Å². The summed E-state index contributed by atoms with van der Waals surface area (Å²) in [6, 6.07) is 13.1. The zero-order valence-corrected chi connectivity index (χ0v) is 11.6. The van der Waals surface area contributed by atoms with Crippen molar-refractivity contribution in [3.8, 4) is 0 Å². The van der Waals surface area contributed by atoms with Gasteiger partial charge in [-0.1, -0.05) is 22.0 Å². The second kappa shape index (κ2) is 4.59. The first-order valence-corrected chi connectivity index (χ1v) is 6.66. The number of carbonyl (C=O) groups is 1. The van der Waals surface area contributed by atoms with Crippen molar-refractivity contribution in [3.63, 3.8) is 0 Å². The van der Waals surface area contributed by atoms with Crippen molar-refractivity contribution >= 4 is 44.6 Å². The summed E-state index contributed by atoms with van der Waals surface area (Å²) in [5.74, 6) is 0.000391. The highest BCUT2D eigenvalue weighted by Gasteiger charge is 2.25. The SMILES string of the molecule is Nc1cccc(N2C(=O)CNc3cc(Br)ccc32)c1. The zero-order valence-electron chi connectivity index (χ0n) is 10.1. The van der Waals surface area contributed by atoms with E-state index in [2.05, 4.69) is 21.2 Å². The summed E-state index contributed by atoms with van der Waals surface area (Å²) >= 11 is 3.43. The maximum Gasteiger partial charge on any atom is 0.250 e. The number of nitrogens with two attached hydrogens (primary N) is 1. The molecule has 0 atom stereocenters. The number of benzene rings is 2. The van der Waals surface area contributed by atoms with Crippen LogP contribution in [0.3, 0.4) is 0 Å². The highest BCUT2D eigenvalue weighted by atomic mass is 79.9. The van der Waals surface area contributed by atoms with E-state index in [9.17, 15) is 4.79 Å². The van der Waals surface area contributed by atoms with Crippen LogP contribution in [0.2, 0.25) is 0 Å². The zero-order chi connectivity index (χ0) is 13.4. The molecule has 0 spiro atoms. The molecule has 19 heavy (non-hydrogen) atoms. The largest absolute Gasteiger partial charge is 0.399 e. The third kappa shape index (κ3) is 2.17. The van der Waals surface area contributed by atoms with E-state index in [-0.39, 0.29) is 12.5 Å². The molecule has 1 aliphatic heterocycles. The van der Waals surface area contributed by atoms with Crippen LogP contribution >= 0.6 is 15.9 Å². The van der Waals surface area contributed by atoms with E-state index >= 15 is 0 Å². The summed E-state index contributed by atoms with van der Waals surface area (Å²) in [4.78, 5) is 13.9. The summed E-state index contributed by atoms with van der Waals surface area (Å²) < 4.78 is 0.973. The molecule has 1 amide bonds. The summed E-state index contributed by atoms with van der Waals surface area (Å²) in [6.45, 7) is 0.276.